The van der Waals surface area contributed by atoms with Gasteiger partial charge in [0.2, 0.25) is 0 Å². The minimum absolute atomic E-state index is 0.868. The lowest BCUT2D eigenvalue weighted by molar-refractivity contribution is 0.911. The van der Waals surface area contributed by atoms with Crippen LogP contribution in [0, 0.1) is 13.8 Å². The van der Waals surface area contributed by atoms with E-state index in [-0.39, 0.29) is 0 Å². The molecule has 0 saturated carbocycles. The van der Waals surface area contributed by atoms with Crippen molar-refractivity contribution >= 4 is 16.6 Å². The van der Waals surface area contributed by atoms with Crippen LogP contribution in [0.4, 0.5) is 5.82 Å². The number of hydrogen-bond acceptors (Lipinski definition) is 3. The summed E-state index contributed by atoms with van der Waals surface area (Å²) >= 11 is 0. The van der Waals surface area contributed by atoms with Crippen LogP contribution in [0.2, 0.25) is 0 Å². The molecule has 0 atom stereocenters. The summed E-state index contributed by atoms with van der Waals surface area (Å²) in [5.74, 6) is 0.899. The second-order valence-electron chi connectivity index (χ2n) is 7.07. The maximum atomic E-state index is 4.70. The molecule has 3 aromatic rings. The zero-order chi connectivity index (χ0) is 23.8. The first-order valence-electron chi connectivity index (χ1n) is 11.6. The van der Waals surface area contributed by atoms with Gasteiger partial charge in [-0.05, 0) is 62.1 Å². The quantitative estimate of drug-likeness (QED) is 0.419. The molecule has 0 unspecified atom stereocenters. The third kappa shape index (κ3) is 8.53. The summed E-state index contributed by atoms with van der Waals surface area (Å²) in [4.78, 5) is 9.17. The standard InChI is InChI=1S/C21H25N3.C3H8.C2H6.C2H4/c1-5-7-16-8-15(4)19(9-14(16)3)20-10-17-13-24-21(22-6-2)11-18(17)12-23-20;1-3-2;2*1-2/h8-13H,5-7H2,1-4H3,(H,22,24);3H2,1-2H3;1-2H3;1-2H2. The van der Waals surface area contributed by atoms with Gasteiger partial charge in [0.15, 0.2) is 0 Å². The molecule has 170 valence electrons. The molecule has 3 rings (SSSR count). The highest BCUT2D eigenvalue weighted by Gasteiger charge is 2.09. The van der Waals surface area contributed by atoms with Crippen molar-refractivity contribution in [1.29, 1.82) is 0 Å². The minimum atomic E-state index is 0.868. The van der Waals surface area contributed by atoms with Crippen LogP contribution in [0.3, 0.4) is 0 Å². The summed E-state index contributed by atoms with van der Waals surface area (Å²) in [7, 11) is 0. The van der Waals surface area contributed by atoms with Gasteiger partial charge in [-0.3, -0.25) is 4.98 Å². The highest BCUT2D eigenvalue weighted by molar-refractivity contribution is 5.86. The molecule has 2 aromatic heterocycles. The monoisotopic (exact) mass is 421 g/mol. The van der Waals surface area contributed by atoms with Gasteiger partial charge >= 0.3 is 0 Å². The Morgan fingerprint density at radius 3 is 1.97 bits per heavy atom. The lowest BCUT2D eigenvalue weighted by Crippen LogP contribution is -1.99. The van der Waals surface area contributed by atoms with E-state index in [0.717, 1.165) is 35.2 Å². The zero-order valence-electron chi connectivity index (χ0n) is 21.1. The average Bonchev–Trinajstić information content (AvgIpc) is 2.79. The van der Waals surface area contributed by atoms with Crippen LogP contribution in [0.5, 0.6) is 0 Å². The second-order valence-corrected chi connectivity index (χ2v) is 7.07. The SMILES string of the molecule is C=C.CC.CCC.CCCc1cc(C)c(-c2cc3cnc(NCC)cc3cn2)cc1C. The third-order valence-electron chi connectivity index (χ3n) is 4.44. The first-order valence-corrected chi connectivity index (χ1v) is 11.6. The van der Waals surface area contributed by atoms with E-state index in [9.17, 15) is 0 Å². The van der Waals surface area contributed by atoms with Gasteiger partial charge in [0, 0.05) is 35.3 Å². The molecule has 3 heteroatoms. The minimum Gasteiger partial charge on any atom is -0.370 e. The summed E-state index contributed by atoms with van der Waals surface area (Å²) in [6.07, 6.45) is 7.43. The molecule has 0 bridgehead atoms. The largest absolute Gasteiger partial charge is 0.370 e. The number of anilines is 1. The van der Waals surface area contributed by atoms with Crippen LogP contribution in [0.25, 0.3) is 22.0 Å². The molecule has 0 aliphatic rings. The first-order chi connectivity index (χ1) is 15.0. The van der Waals surface area contributed by atoms with Crippen LogP contribution in [-0.4, -0.2) is 16.5 Å². The molecule has 1 N–H and O–H groups in total. The van der Waals surface area contributed by atoms with Gasteiger partial charge in [0.05, 0.1) is 5.69 Å². The Morgan fingerprint density at radius 1 is 0.806 bits per heavy atom. The number of hydrogen-bond donors (Lipinski definition) is 1. The third-order valence-corrected chi connectivity index (χ3v) is 4.44. The summed E-state index contributed by atoms with van der Waals surface area (Å²) in [5, 5.41) is 5.48. The number of nitrogens with one attached hydrogen (secondary N) is 1. The van der Waals surface area contributed by atoms with E-state index in [1.807, 2.05) is 26.2 Å². The molecule has 0 amide bonds. The molecule has 3 nitrogen and oxygen atoms in total. The Bertz CT molecular complexity index is 900. The van der Waals surface area contributed by atoms with Crippen molar-refractivity contribution in [2.45, 2.75) is 74.7 Å². The van der Waals surface area contributed by atoms with E-state index < -0.39 is 0 Å². The Balaban J connectivity index is 0.00000116. The number of aryl methyl sites for hydroxylation is 3. The highest BCUT2D eigenvalue weighted by Crippen LogP contribution is 2.28. The molecular formula is C28H43N3. The van der Waals surface area contributed by atoms with Crippen LogP contribution in [-0.2, 0) is 6.42 Å². The molecule has 0 fully saturated rings. The van der Waals surface area contributed by atoms with Gasteiger partial charge in [-0.15, -0.1) is 13.2 Å². The molecule has 0 spiro atoms. The Labute approximate surface area is 191 Å². The number of aromatic nitrogens is 2. The Morgan fingerprint density at radius 2 is 1.39 bits per heavy atom. The average molecular weight is 422 g/mol. The lowest BCUT2D eigenvalue weighted by atomic mass is 9.95. The normalized spacial score (nSPS) is 9.42. The summed E-state index contributed by atoms with van der Waals surface area (Å²) in [6.45, 7) is 23.8. The van der Waals surface area contributed by atoms with Crippen LogP contribution in [0.1, 0.15) is 71.1 Å². The Kier molecular flexibility index (Phi) is 14.7. The smallest absolute Gasteiger partial charge is 0.126 e. The van der Waals surface area contributed by atoms with E-state index in [1.54, 1.807) is 0 Å². The number of pyridine rings is 2. The van der Waals surface area contributed by atoms with E-state index in [2.05, 4.69) is 89.3 Å². The van der Waals surface area contributed by atoms with E-state index >= 15 is 0 Å². The predicted octanol–water partition coefficient (Wildman–Crippen LogP) is 8.54. The molecular weight excluding hydrogens is 378 g/mol. The van der Waals surface area contributed by atoms with Crippen LogP contribution < -0.4 is 5.32 Å². The van der Waals surface area contributed by atoms with Crippen molar-refractivity contribution in [3.05, 3.63) is 66.5 Å². The molecule has 0 aliphatic heterocycles. The van der Waals surface area contributed by atoms with Gasteiger partial charge < -0.3 is 5.32 Å². The Hall–Kier alpha value is -2.68. The van der Waals surface area contributed by atoms with Crippen molar-refractivity contribution in [3.63, 3.8) is 0 Å². The van der Waals surface area contributed by atoms with E-state index in [1.165, 1.54) is 35.1 Å². The maximum Gasteiger partial charge on any atom is 0.126 e. The first kappa shape index (κ1) is 28.3. The van der Waals surface area contributed by atoms with Crippen molar-refractivity contribution in [3.8, 4) is 11.3 Å². The van der Waals surface area contributed by atoms with Gasteiger partial charge in [-0.2, -0.15) is 0 Å². The highest BCUT2D eigenvalue weighted by atomic mass is 15.0. The van der Waals surface area contributed by atoms with Crippen molar-refractivity contribution < 1.29 is 0 Å². The number of nitrogens with zero attached hydrogens (tertiary/aromatic N) is 2. The van der Waals surface area contributed by atoms with Crippen molar-refractivity contribution in [2.75, 3.05) is 11.9 Å². The van der Waals surface area contributed by atoms with Gasteiger partial charge in [-0.1, -0.05) is 53.5 Å². The van der Waals surface area contributed by atoms with E-state index in [0.29, 0.717) is 0 Å². The summed E-state index contributed by atoms with van der Waals surface area (Å²) < 4.78 is 0. The summed E-state index contributed by atoms with van der Waals surface area (Å²) in [6, 6.07) is 8.78. The number of benzene rings is 1. The van der Waals surface area contributed by atoms with Gasteiger partial charge in [0.25, 0.3) is 0 Å². The second kappa shape index (κ2) is 16.1. The fourth-order valence-corrected chi connectivity index (χ4v) is 3.15. The lowest BCUT2D eigenvalue weighted by Gasteiger charge is -2.12. The molecule has 0 aliphatic carbocycles. The fraction of sp³-hybridized carbons (Fsp3) is 0.429. The van der Waals surface area contributed by atoms with Gasteiger partial charge in [0.1, 0.15) is 5.82 Å². The topological polar surface area (TPSA) is 37.8 Å². The van der Waals surface area contributed by atoms with Crippen molar-refractivity contribution in [1.82, 2.24) is 9.97 Å². The fourth-order valence-electron chi connectivity index (χ4n) is 3.15. The molecule has 1 aromatic carbocycles. The van der Waals surface area contributed by atoms with Crippen LogP contribution >= 0.6 is 0 Å². The number of fused-ring (bicyclic) bond motifs is 1. The van der Waals surface area contributed by atoms with Crippen LogP contribution in [0.15, 0.2) is 49.8 Å². The van der Waals surface area contributed by atoms with Gasteiger partial charge in [-0.25, -0.2) is 4.98 Å². The van der Waals surface area contributed by atoms with E-state index in [4.69, 9.17) is 4.98 Å². The maximum absolute atomic E-state index is 4.70. The predicted molar refractivity (Wildman–Crippen MR) is 141 cm³/mol. The molecule has 0 radical (unpaired) electrons. The zero-order valence-corrected chi connectivity index (χ0v) is 21.1. The van der Waals surface area contributed by atoms with Crippen molar-refractivity contribution in [2.24, 2.45) is 0 Å². The number of rotatable bonds is 5. The molecule has 31 heavy (non-hydrogen) atoms. The summed E-state index contributed by atoms with van der Waals surface area (Å²) in [5.41, 5.74) is 6.30. The molecule has 2 heterocycles. The molecule has 0 saturated heterocycles.